The van der Waals surface area contributed by atoms with E-state index in [9.17, 15) is 20.4 Å². The second-order valence-electron chi connectivity index (χ2n) is 4.56. The molecular weight excluding hydrogens is 266 g/mol. The first kappa shape index (κ1) is 14.9. The molecule has 0 spiro atoms. The third-order valence-corrected chi connectivity index (χ3v) is 3.19. The largest absolute Gasteiger partial charge is 0.507 e. The number of phenols is 1. The zero-order chi connectivity index (χ0) is 14.7. The number of aliphatic imine (C=N–C) groups is 1. The highest BCUT2D eigenvalue weighted by atomic mass is 16.6. The Morgan fingerprint density at radius 2 is 1.85 bits per heavy atom. The van der Waals surface area contributed by atoms with Crippen LogP contribution in [0.3, 0.4) is 0 Å². The Balaban J connectivity index is 2.14. The van der Waals surface area contributed by atoms with E-state index in [0.29, 0.717) is 5.56 Å². The Hall–Kier alpha value is -1.51. The predicted octanol–water partition coefficient (Wildman–Crippen LogP) is -1.39. The van der Waals surface area contributed by atoms with E-state index in [1.54, 1.807) is 18.2 Å². The minimum absolute atomic E-state index is 0.00532. The summed E-state index contributed by atoms with van der Waals surface area (Å²) in [5, 5.41) is 47.8. The van der Waals surface area contributed by atoms with Gasteiger partial charge >= 0.3 is 0 Å². The van der Waals surface area contributed by atoms with Crippen molar-refractivity contribution in [2.75, 3.05) is 6.61 Å². The van der Waals surface area contributed by atoms with Crippen molar-refractivity contribution < 1.29 is 30.3 Å². The van der Waals surface area contributed by atoms with E-state index in [1.165, 1.54) is 12.3 Å². The molecule has 1 aromatic rings. The van der Waals surface area contributed by atoms with Gasteiger partial charge in [0.05, 0.1) is 6.61 Å². The van der Waals surface area contributed by atoms with E-state index in [-0.39, 0.29) is 5.75 Å². The fourth-order valence-corrected chi connectivity index (χ4v) is 2.01. The van der Waals surface area contributed by atoms with Crippen molar-refractivity contribution in [3.05, 3.63) is 29.8 Å². The number of para-hydroxylation sites is 1. The molecule has 0 bridgehead atoms. The normalized spacial score (nSPS) is 34.5. The van der Waals surface area contributed by atoms with Gasteiger partial charge in [-0.05, 0) is 12.1 Å². The molecule has 7 nitrogen and oxygen atoms in total. The lowest BCUT2D eigenvalue weighted by Crippen LogP contribution is -2.57. The molecule has 20 heavy (non-hydrogen) atoms. The smallest absolute Gasteiger partial charge is 0.180 e. The second kappa shape index (κ2) is 6.29. The van der Waals surface area contributed by atoms with Gasteiger partial charge in [0.2, 0.25) is 0 Å². The molecule has 1 heterocycles. The number of benzene rings is 1. The summed E-state index contributed by atoms with van der Waals surface area (Å²) in [6.45, 7) is -0.523. The average molecular weight is 283 g/mol. The van der Waals surface area contributed by atoms with Gasteiger partial charge in [-0.3, -0.25) is 4.99 Å². The maximum absolute atomic E-state index is 9.88. The van der Waals surface area contributed by atoms with Gasteiger partial charge in [0.25, 0.3) is 0 Å². The van der Waals surface area contributed by atoms with E-state index in [1.807, 2.05) is 0 Å². The molecule has 1 fully saturated rings. The van der Waals surface area contributed by atoms with E-state index in [4.69, 9.17) is 9.84 Å². The van der Waals surface area contributed by atoms with E-state index in [2.05, 4.69) is 4.99 Å². The minimum atomic E-state index is -1.45. The van der Waals surface area contributed by atoms with E-state index < -0.39 is 37.3 Å². The van der Waals surface area contributed by atoms with Gasteiger partial charge in [-0.25, -0.2) is 0 Å². The lowest BCUT2D eigenvalue weighted by molar-refractivity contribution is -0.248. The molecule has 1 aliphatic heterocycles. The van der Waals surface area contributed by atoms with Gasteiger partial charge in [0, 0.05) is 11.8 Å². The van der Waals surface area contributed by atoms with Gasteiger partial charge in [-0.1, -0.05) is 12.1 Å². The average Bonchev–Trinajstić information content (AvgIpc) is 2.44. The Kier molecular flexibility index (Phi) is 4.69. The van der Waals surface area contributed by atoms with Crippen LogP contribution in [0, 0.1) is 0 Å². The van der Waals surface area contributed by atoms with Crippen LogP contribution >= 0.6 is 0 Å². The molecule has 0 unspecified atom stereocenters. The highest BCUT2D eigenvalue weighted by Gasteiger charge is 2.43. The molecule has 1 aliphatic rings. The highest BCUT2D eigenvalue weighted by molar-refractivity contribution is 5.83. The first-order valence-corrected chi connectivity index (χ1v) is 6.16. The topological polar surface area (TPSA) is 123 Å². The molecule has 0 saturated carbocycles. The highest BCUT2D eigenvalue weighted by Crippen LogP contribution is 2.22. The molecule has 5 N–H and O–H groups in total. The van der Waals surface area contributed by atoms with Crippen molar-refractivity contribution in [2.24, 2.45) is 4.99 Å². The summed E-state index contributed by atoms with van der Waals surface area (Å²) < 4.78 is 4.97. The summed E-state index contributed by atoms with van der Waals surface area (Å²) in [4.78, 5) is 3.94. The fraction of sp³-hybridized carbons (Fsp3) is 0.462. The third-order valence-electron chi connectivity index (χ3n) is 3.19. The second-order valence-corrected chi connectivity index (χ2v) is 4.56. The predicted molar refractivity (Wildman–Crippen MR) is 69.5 cm³/mol. The Labute approximate surface area is 115 Å². The number of rotatable bonds is 3. The van der Waals surface area contributed by atoms with Crippen LogP contribution in [-0.4, -0.2) is 69.0 Å². The lowest BCUT2D eigenvalue weighted by Gasteiger charge is -2.38. The summed E-state index contributed by atoms with van der Waals surface area (Å²) in [6.07, 6.45) is -3.96. The summed E-state index contributed by atoms with van der Waals surface area (Å²) >= 11 is 0. The molecule has 0 aromatic heterocycles. The van der Waals surface area contributed by atoms with Crippen molar-refractivity contribution in [1.82, 2.24) is 0 Å². The molecule has 1 saturated heterocycles. The molecule has 7 heteroatoms. The zero-order valence-electron chi connectivity index (χ0n) is 10.6. The van der Waals surface area contributed by atoms with Crippen molar-refractivity contribution in [1.29, 1.82) is 0 Å². The van der Waals surface area contributed by atoms with Crippen molar-refractivity contribution in [2.45, 2.75) is 30.6 Å². The van der Waals surface area contributed by atoms with E-state index in [0.717, 1.165) is 0 Å². The van der Waals surface area contributed by atoms with E-state index >= 15 is 0 Å². The molecule has 0 amide bonds. The van der Waals surface area contributed by atoms with Crippen molar-refractivity contribution in [3.8, 4) is 5.75 Å². The quantitative estimate of drug-likeness (QED) is 0.435. The number of aliphatic hydroxyl groups excluding tert-OH is 4. The minimum Gasteiger partial charge on any atom is -0.507 e. The summed E-state index contributed by atoms with van der Waals surface area (Å²) in [6, 6.07) is 5.32. The standard InChI is InChI=1S/C13H17NO6/c15-6-9-11(17)12(18)10(13(19)20-9)14-5-7-3-1-2-4-8(7)16/h1-5,9-13,15-19H,6H2/t9-,10-,11-,12-,13-/m1/s1. The number of nitrogens with zero attached hydrogens (tertiary/aromatic N) is 1. The summed E-state index contributed by atoms with van der Waals surface area (Å²) in [5.41, 5.74) is 0.408. The van der Waals surface area contributed by atoms with Crippen LogP contribution < -0.4 is 0 Å². The van der Waals surface area contributed by atoms with Crippen LogP contribution in [0.4, 0.5) is 0 Å². The molecular formula is C13H17NO6. The van der Waals surface area contributed by atoms with Crippen LogP contribution in [0.5, 0.6) is 5.75 Å². The number of aromatic hydroxyl groups is 1. The summed E-state index contributed by atoms with van der Waals surface area (Å²) in [5.74, 6) is 0.00532. The number of phenolic OH excluding ortho intramolecular Hbond substituents is 1. The Morgan fingerprint density at radius 1 is 1.15 bits per heavy atom. The molecule has 5 atom stereocenters. The van der Waals surface area contributed by atoms with Gasteiger partial charge in [0.1, 0.15) is 30.1 Å². The maximum Gasteiger partial charge on any atom is 0.180 e. The van der Waals surface area contributed by atoms with Crippen molar-refractivity contribution >= 4 is 6.21 Å². The molecule has 0 radical (unpaired) electrons. The summed E-state index contributed by atoms with van der Waals surface area (Å²) in [7, 11) is 0. The van der Waals surface area contributed by atoms with Gasteiger partial charge in [0.15, 0.2) is 6.29 Å². The first-order valence-electron chi connectivity index (χ1n) is 6.16. The number of hydrogen-bond donors (Lipinski definition) is 5. The molecule has 2 rings (SSSR count). The fourth-order valence-electron chi connectivity index (χ4n) is 2.01. The first-order chi connectivity index (χ1) is 9.54. The van der Waals surface area contributed by atoms with Gasteiger partial charge in [-0.15, -0.1) is 0 Å². The van der Waals surface area contributed by atoms with Crippen LogP contribution in [0.15, 0.2) is 29.3 Å². The maximum atomic E-state index is 9.88. The van der Waals surface area contributed by atoms with Crippen LogP contribution in [-0.2, 0) is 4.74 Å². The SMILES string of the molecule is OC[C@H]1O[C@@H](O)[C@H](N=Cc2ccccc2O)[C@@H](O)[C@@H]1O. The molecule has 1 aromatic carbocycles. The molecule has 110 valence electrons. The number of aliphatic hydroxyl groups is 4. The van der Waals surface area contributed by atoms with Gasteiger partial charge in [-0.2, -0.15) is 0 Å². The third kappa shape index (κ3) is 2.97. The zero-order valence-corrected chi connectivity index (χ0v) is 10.6. The lowest BCUT2D eigenvalue weighted by atomic mass is 9.97. The Morgan fingerprint density at radius 3 is 2.50 bits per heavy atom. The van der Waals surface area contributed by atoms with Crippen LogP contribution in [0.2, 0.25) is 0 Å². The Bertz CT molecular complexity index is 480. The monoisotopic (exact) mass is 283 g/mol. The van der Waals surface area contributed by atoms with Gasteiger partial charge < -0.3 is 30.3 Å². The number of hydrogen-bond acceptors (Lipinski definition) is 7. The molecule has 0 aliphatic carbocycles. The van der Waals surface area contributed by atoms with Crippen molar-refractivity contribution in [3.63, 3.8) is 0 Å². The van der Waals surface area contributed by atoms with Crippen LogP contribution in [0.1, 0.15) is 5.56 Å². The number of ether oxygens (including phenoxy) is 1. The van der Waals surface area contributed by atoms with Crippen LogP contribution in [0.25, 0.3) is 0 Å².